The van der Waals surface area contributed by atoms with Crippen LogP contribution in [0.15, 0.2) is 28.7 Å². The summed E-state index contributed by atoms with van der Waals surface area (Å²) in [6, 6.07) is 7.26. The van der Waals surface area contributed by atoms with Crippen molar-refractivity contribution in [3.63, 3.8) is 0 Å². The van der Waals surface area contributed by atoms with Gasteiger partial charge in [-0.1, -0.05) is 22.4 Å². The molecule has 0 aliphatic carbocycles. The summed E-state index contributed by atoms with van der Waals surface area (Å²) in [6.07, 6.45) is 3.78. The van der Waals surface area contributed by atoms with Crippen LogP contribution in [-0.4, -0.2) is 36.6 Å². The minimum atomic E-state index is -0.239. The Hall–Kier alpha value is -0.870. The first-order valence-electron chi connectivity index (χ1n) is 6.84. The van der Waals surface area contributed by atoms with E-state index in [9.17, 15) is 4.79 Å². The van der Waals surface area contributed by atoms with Crippen LogP contribution < -0.4 is 0 Å². The van der Waals surface area contributed by atoms with Gasteiger partial charge in [-0.3, -0.25) is 4.90 Å². The summed E-state index contributed by atoms with van der Waals surface area (Å²) >= 11 is 3.35. The first kappa shape index (κ1) is 14.5. The van der Waals surface area contributed by atoms with Crippen LogP contribution in [0, 0.1) is 0 Å². The molecule has 104 valence electrons. The highest BCUT2D eigenvalue weighted by Gasteiger charge is 2.17. The van der Waals surface area contributed by atoms with Crippen LogP contribution in [0.2, 0.25) is 0 Å². The third kappa shape index (κ3) is 4.62. The van der Waals surface area contributed by atoms with Crippen LogP contribution in [0.1, 0.15) is 36.5 Å². The normalized spacial score (nSPS) is 18.0. The summed E-state index contributed by atoms with van der Waals surface area (Å²) in [6.45, 7) is 5.05. The number of hydrogen-bond donors (Lipinski definition) is 0. The molecule has 0 aromatic heterocycles. The highest BCUT2D eigenvalue weighted by molar-refractivity contribution is 9.10. The SMILES string of the molecule is C[C@@H](CN1CCCCC1)OC(=O)c1ccc(Br)cc1. The molecule has 1 aliphatic rings. The third-order valence-corrected chi connectivity index (χ3v) is 3.88. The highest BCUT2D eigenvalue weighted by atomic mass is 79.9. The first-order chi connectivity index (χ1) is 9.15. The largest absolute Gasteiger partial charge is 0.458 e. The van der Waals surface area contributed by atoms with Crippen molar-refractivity contribution in [2.75, 3.05) is 19.6 Å². The molecule has 0 amide bonds. The Labute approximate surface area is 123 Å². The van der Waals surface area contributed by atoms with Gasteiger partial charge in [0.1, 0.15) is 6.10 Å². The third-order valence-electron chi connectivity index (χ3n) is 3.35. The lowest BCUT2D eigenvalue weighted by Crippen LogP contribution is -2.37. The monoisotopic (exact) mass is 325 g/mol. The van der Waals surface area contributed by atoms with E-state index in [0.717, 1.165) is 24.1 Å². The molecule has 0 bridgehead atoms. The van der Waals surface area contributed by atoms with Gasteiger partial charge in [0.15, 0.2) is 0 Å². The summed E-state index contributed by atoms with van der Waals surface area (Å²) in [5.74, 6) is -0.239. The van der Waals surface area contributed by atoms with Crippen LogP contribution in [-0.2, 0) is 4.74 Å². The fourth-order valence-electron chi connectivity index (χ4n) is 2.38. The molecule has 0 saturated carbocycles. The number of nitrogens with zero attached hydrogens (tertiary/aromatic N) is 1. The second kappa shape index (κ2) is 7.06. The zero-order valence-corrected chi connectivity index (χ0v) is 12.9. The molecule has 4 heteroatoms. The zero-order valence-electron chi connectivity index (χ0n) is 11.3. The van der Waals surface area contributed by atoms with Gasteiger partial charge in [-0.15, -0.1) is 0 Å². The molecular formula is C15H20BrNO2. The lowest BCUT2D eigenvalue weighted by atomic mass is 10.1. The highest BCUT2D eigenvalue weighted by Crippen LogP contribution is 2.13. The molecule has 1 aliphatic heterocycles. The Morgan fingerprint density at radius 2 is 1.89 bits per heavy atom. The van der Waals surface area contributed by atoms with E-state index in [-0.39, 0.29) is 12.1 Å². The van der Waals surface area contributed by atoms with Gasteiger partial charge in [0, 0.05) is 11.0 Å². The zero-order chi connectivity index (χ0) is 13.7. The average Bonchev–Trinajstić information content (AvgIpc) is 2.40. The minimum absolute atomic E-state index is 0.0609. The lowest BCUT2D eigenvalue weighted by Gasteiger charge is -2.28. The van der Waals surface area contributed by atoms with E-state index >= 15 is 0 Å². The molecule has 1 aromatic rings. The molecule has 0 N–H and O–H groups in total. The van der Waals surface area contributed by atoms with E-state index in [4.69, 9.17) is 4.74 Å². The molecule has 19 heavy (non-hydrogen) atoms. The van der Waals surface area contributed by atoms with Crippen molar-refractivity contribution in [3.05, 3.63) is 34.3 Å². The Balaban J connectivity index is 1.82. The summed E-state index contributed by atoms with van der Waals surface area (Å²) in [5.41, 5.74) is 0.605. The number of carbonyl (C=O) groups excluding carboxylic acids is 1. The summed E-state index contributed by atoms with van der Waals surface area (Å²) in [7, 11) is 0. The molecule has 1 fully saturated rings. The van der Waals surface area contributed by atoms with Crippen molar-refractivity contribution in [1.29, 1.82) is 0 Å². The van der Waals surface area contributed by atoms with E-state index in [0.29, 0.717) is 5.56 Å². The molecule has 1 heterocycles. The topological polar surface area (TPSA) is 29.5 Å². The number of likely N-dealkylation sites (tertiary alicyclic amines) is 1. The molecule has 1 saturated heterocycles. The van der Waals surface area contributed by atoms with E-state index in [1.807, 2.05) is 19.1 Å². The van der Waals surface area contributed by atoms with Crippen molar-refractivity contribution in [3.8, 4) is 0 Å². The smallest absolute Gasteiger partial charge is 0.338 e. The van der Waals surface area contributed by atoms with Crippen LogP contribution in [0.4, 0.5) is 0 Å². The second-order valence-corrected chi connectivity index (χ2v) is 6.00. The fourth-order valence-corrected chi connectivity index (χ4v) is 2.64. The summed E-state index contributed by atoms with van der Waals surface area (Å²) in [5, 5.41) is 0. The molecule has 0 unspecified atom stereocenters. The molecule has 0 spiro atoms. The van der Waals surface area contributed by atoms with Gasteiger partial charge in [-0.05, 0) is 57.1 Å². The van der Waals surface area contributed by atoms with E-state index in [1.54, 1.807) is 12.1 Å². The van der Waals surface area contributed by atoms with Gasteiger partial charge < -0.3 is 4.74 Å². The Morgan fingerprint density at radius 1 is 1.26 bits per heavy atom. The number of carbonyl (C=O) groups is 1. The molecule has 3 nitrogen and oxygen atoms in total. The molecule has 1 atom stereocenters. The van der Waals surface area contributed by atoms with Crippen LogP contribution in [0.3, 0.4) is 0 Å². The first-order valence-corrected chi connectivity index (χ1v) is 7.63. The van der Waals surface area contributed by atoms with Gasteiger partial charge in [0.25, 0.3) is 0 Å². The quantitative estimate of drug-likeness (QED) is 0.794. The molecule has 2 rings (SSSR count). The number of halogens is 1. The maximum absolute atomic E-state index is 12.0. The van der Waals surface area contributed by atoms with Crippen molar-refractivity contribution in [2.24, 2.45) is 0 Å². The number of rotatable bonds is 4. The number of piperidine rings is 1. The predicted octanol–water partition coefficient (Wildman–Crippen LogP) is 3.48. The Kier molecular flexibility index (Phi) is 5.40. The predicted molar refractivity (Wildman–Crippen MR) is 79.3 cm³/mol. The summed E-state index contributed by atoms with van der Waals surface area (Å²) < 4.78 is 6.45. The molecule has 1 aromatic carbocycles. The van der Waals surface area contributed by atoms with Crippen molar-refractivity contribution >= 4 is 21.9 Å². The van der Waals surface area contributed by atoms with Crippen LogP contribution >= 0.6 is 15.9 Å². The average molecular weight is 326 g/mol. The van der Waals surface area contributed by atoms with Gasteiger partial charge in [-0.2, -0.15) is 0 Å². The minimum Gasteiger partial charge on any atom is -0.458 e. The standard InChI is InChI=1S/C15H20BrNO2/c1-12(11-17-9-3-2-4-10-17)19-15(18)13-5-7-14(16)8-6-13/h5-8,12H,2-4,9-11H2,1H3/t12-/m0/s1. The Morgan fingerprint density at radius 3 is 2.53 bits per heavy atom. The second-order valence-electron chi connectivity index (χ2n) is 5.08. The maximum Gasteiger partial charge on any atom is 0.338 e. The number of ether oxygens (including phenoxy) is 1. The summed E-state index contributed by atoms with van der Waals surface area (Å²) in [4.78, 5) is 14.3. The number of hydrogen-bond acceptors (Lipinski definition) is 3. The van der Waals surface area contributed by atoms with Crippen molar-refractivity contribution in [1.82, 2.24) is 4.90 Å². The van der Waals surface area contributed by atoms with E-state index in [2.05, 4.69) is 20.8 Å². The van der Waals surface area contributed by atoms with Gasteiger partial charge in [-0.25, -0.2) is 4.79 Å². The van der Waals surface area contributed by atoms with Crippen molar-refractivity contribution < 1.29 is 9.53 Å². The van der Waals surface area contributed by atoms with Gasteiger partial charge >= 0.3 is 5.97 Å². The number of benzene rings is 1. The maximum atomic E-state index is 12.0. The van der Waals surface area contributed by atoms with Gasteiger partial charge in [0.2, 0.25) is 0 Å². The van der Waals surface area contributed by atoms with Gasteiger partial charge in [0.05, 0.1) is 5.56 Å². The van der Waals surface area contributed by atoms with Crippen LogP contribution in [0.25, 0.3) is 0 Å². The number of esters is 1. The lowest BCUT2D eigenvalue weighted by molar-refractivity contribution is 0.0236. The fraction of sp³-hybridized carbons (Fsp3) is 0.533. The van der Waals surface area contributed by atoms with Crippen molar-refractivity contribution in [2.45, 2.75) is 32.3 Å². The Bertz CT molecular complexity index is 413. The van der Waals surface area contributed by atoms with E-state index < -0.39 is 0 Å². The van der Waals surface area contributed by atoms with Crippen LogP contribution in [0.5, 0.6) is 0 Å². The molecular weight excluding hydrogens is 306 g/mol. The van der Waals surface area contributed by atoms with E-state index in [1.165, 1.54) is 19.3 Å². The molecule has 0 radical (unpaired) electrons.